The Bertz CT molecular complexity index is 685. The number of carbonyl (C=O) groups is 1. The predicted octanol–water partition coefficient (Wildman–Crippen LogP) is 5.93. The quantitative estimate of drug-likeness (QED) is 0.722. The maximum Gasteiger partial charge on any atom is 0.323 e. The molecule has 1 saturated carbocycles. The molecule has 126 valence electrons. The van der Waals surface area contributed by atoms with Crippen molar-refractivity contribution in [3.8, 4) is 0 Å². The predicted molar refractivity (Wildman–Crippen MR) is 101 cm³/mol. The van der Waals surface area contributed by atoms with Gasteiger partial charge in [-0.2, -0.15) is 0 Å². The molecule has 0 bridgehead atoms. The number of aryl methyl sites for hydroxylation is 1. The Hall–Kier alpha value is -2.29. The topological polar surface area (TPSA) is 41.1 Å². The van der Waals surface area contributed by atoms with Gasteiger partial charge in [-0.05, 0) is 60.9 Å². The molecule has 2 aromatic carbocycles. The molecule has 0 atom stereocenters. The number of benzene rings is 2. The summed E-state index contributed by atoms with van der Waals surface area (Å²) >= 11 is 0. The summed E-state index contributed by atoms with van der Waals surface area (Å²) < 4.78 is 0. The van der Waals surface area contributed by atoms with E-state index < -0.39 is 0 Å². The summed E-state index contributed by atoms with van der Waals surface area (Å²) in [6.45, 7) is 4.33. The summed E-state index contributed by atoms with van der Waals surface area (Å²) in [5, 5.41) is 5.80. The first-order chi connectivity index (χ1) is 11.6. The van der Waals surface area contributed by atoms with Crippen molar-refractivity contribution in [2.75, 3.05) is 10.6 Å². The molecule has 0 heterocycles. The van der Waals surface area contributed by atoms with E-state index in [1.807, 2.05) is 43.3 Å². The summed E-state index contributed by atoms with van der Waals surface area (Å²) in [5.74, 6) is 1.54. The monoisotopic (exact) mass is 322 g/mol. The number of para-hydroxylation sites is 1. The van der Waals surface area contributed by atoms with Crippen molar-refractivity contribution in [1.29, 1.82) is 0 Å². The minimum atomic E-state index is -0.205. The van der Waals surface area contributed by atoms with Gasteiger partial charge in [-0.3, -0.25) is 0 Å². The molecule has 1 aliphatic carbocycles. The van der Waals surface area contributed by atoms with Crippen LogP contribution in [0.15, 0.2) is 48.5 Å². The van der Waals surface area contributed by atoms with Gasteiger partial charge in [0.25, 0.3) is 0 Å². The first-order valence-corrected chi connectivity index (χ1v) is 8.85. The van der Waals surface area contributed by atoms with Crippen LogP contribution in [0, 0.1) is 12.8 Å². The summed E-state index contributed by atoms with van der Waals surface area (Å²) in [7, 11) is 0. The molecule has 0 aliphatic heterocycles. The Labute approximate surface area is 144 Å². The zero-order valence-electron chi connectivity index (χ0n) is 14.5. The van der Waals surface area contributed by atoms with Crippen LogP contribution in [0.3, 0.4) is 0 Å². The fraction of sp³-hybridized carbons (Fsp3) is 0.381. The van der Waals surface area contributed by atoms with Gasteiger partial charge in [-0.25, -0.2) is 4.79 Å². The van der Waals surface area contributed by atoms with E-state index in [-0.39, 0.29) is 6.03 Å². The van der Waals surface area contributed by atoms with Gasteiger partial charge in [0.1, 0.15) is 0 Å². The standard InChI is InChI=1S/C21H26N2O/c1-15-7-9-17(10-8-15)18-11-13-19(14-12-18)22-21(24)23-20-6-4-3-5-16(20)2/h3-6,11-15,17H,7-10H2,1-2H3,(H2,22,23,24). The van der Waals surface area contributed by atoms with Crippen molar-refractivity contribution < 1.29 is 4.79 Å². The second-order valence-electron chi connectivity index (χ2n) is 6.97. The van der Waals surface area contributed by atoms with E-state index in [1.165, 1.54) is 31.2 Å². The molecule has 0 radical (unpaired) electrons. The highest BCUT2D eigenvalue weighted by atomic mass is 16.2. The highest BCUT2D eigenvalue weighted by Crippen LogP contribution is 2.35. The lowest BCUT2D eigenvalue weighted by Gasteiger charge is -2.26. The van der Waals surface area contributed by atoms with Crippen molar-refractivity contribution in [3.63, 3.8) is 0 Å². The maximum atomic E-state index is 12.1. The number of nitrogens with one attached hydrogen (secondary N) is 2. The minimum absolute atomic E-state index is 0.205. The zero-order chi connectivity index (χ0) is 16.9. The molecule has 0 unspecified atom stereocenters. The molecule has 3 nitrogen and oxygen atoms in total. The van der Waals surface area contributed by atoms with E-state index in [2.05, 4.69) is 29.7 Å². The van der Waals surface area contributed by atoms with Crippen molar-refractivity contribution in [2.45, 2.75) is 45.4 Å². The lowest BCUT2D eigenvalue weighted by molar-refractivity contribution is 0.262. The van der Waals surface area contributed by atoms with Gasteiger partial charge in [-0.15, -0.1) is 0 Å². The number of urea groups is 1. The van der Waals surface area contributed by atoms with Crippen molar-refractivity contribution >= 4 is 17.4 Å². The van der Waals surface area contributed by atoms with Gasteiger partial charge in [0, 0.05) is 11.4 Å². The van der Waals surface area contributed by atoms with Crippen molar-refractivity contribution in [3.05, 3.63) is 59.7 Å². The fourth-order valence-electron chi connectivity index (χ4n) is 3.43. The van der Waals surface area contributed by atoms with E-state index >= 15 is 0 Å². The summed E-state index contributed by atoms with van der Waals surface area (Å²) in [6, 6.07) is 15.9. The molecular weight excluding hydrogens is 296 g/mol. The van der Waals surface area contributed by atoms with Gasteiger partial charge in [0.15, 0.2) is 0 Å². The molecule has 0 aromatic heterocycles. The van der Waals surface area contributed by atoms with Crippen LogP contribution in [0.4, 0.5) is 16.2 Å². The molecule has 1 aliphatic rings. The van der Waals surface area contributed by atoms with Crippen molar-refractivity contribution in [1.82, 2.24) is 0 Å². The third-order valence-electron chi connectivity index (χ3n) is 5.05. The number of anilines is 2. The molecular formula is C21H26N2O. The third kappa shape index (κ3) is 4.16. The van der Waals surface area contributed by atoms with Crippen LogP contribution < -0.4 is 10.6 Å². The molecule has 2 amide bonds. The van der Waals surface area contributed by atoms with Gasteiger partial charge >= 0.3 is 6.03 Å². The highest BCUT2D eigenvalue weighted by Gasteiger charge is 2.19. The second kappa shape index (κ2) is 7.52. The summed E-state index contributed by atoms with van der Waals surface area (Å²) in [5.41, 5.74) is 4.11. The molecule has 2 N–H and O–H groups in total. The summed E-state index contributed by atoms with van der Waals surface area (Å²) in [4.78, 5) is 12.1. The fourth-order valence-corrected chi connectivity index (χ4v) is 3.43. The van der Waals surface area contributed by atoms with E-state index in [0.717, 1.165) is 22.9 Å². The number of hydrogen-bond donors (Lipinski definition) is 2. The second-order valence-corrected chi connectivity index (χ2v) is 6.97. The van der Waals surface area contributed by atoms with Gasteiger partial charge < -0.3 is 10.6 Å². The van der Waals surface area contributed by atoms with Gasteiger partial charge in [-0.1, -0.05) is 50.1 Å². The van der Waals surface area contributed by atoms with Crippen LogP contribution in [0.1, 0.15) is 49.7 Å². The number of carbonyl (C=O) groups excluding carboxylic acids is 1. The molecule has 3 heteroatoms. The first-order valence-electron chi connectivity index (χ1n) is 8.85. The van der Waals surface area contributed by atoms with Gasteiger partial charge in [0.2, 0.25) is 0 Å². The largest absolute Gasteiger partial charge is 0.323 e. The normalized spacial score (nSPS) is 20.4. The minimum Gasteiger partial charge on any atom is -0.308 e. The van der Waals surface area contributed by atoms with Crippen LogP contribution in [0.2, 0.25) is 0 Å². The maximum absolute atomic E-state index is 12.1. The van der Waals surface area contributed by atoms with Gasteiger partial charge in [0.05, 0.1) is 0 Å². The Kier molecular flexibility index (Phi) is 5.19. The Balaban J connectivity index is 1.58. The van der Waals surface area contributed by atoms with Crippen LogP contribution in [-0.2, 0) is 0 Å². The van der Waals surface area contributed by atoms with Crippen LogP contribution in [0.5, 0.6) is 0 Å². The lowest BCUT2D eigenvalue weighted by Crippen LogP contribution is -2.20. The third-order valence-corrected chi connectivity index (χ3v) is 5.05. The molecule has 2 aromatic rings. The molecule has 24 heavy (non-hydrogen) atoms. The van der Waals surface area contributed by atoms with Crippen LogP contribution >= 0.6 is 0 Å². The highest BCUT2D eigenvalue weighted by molar-refractivity contribution is 6.00. The zero-order valence-corrected chi connectivity index (χ0v) is 14.5. The van der Waals surface area contributed by atoms with E-state index in [1.54, 1.807) is 0 Å². The van der Waals surface area contributed by atoms with E-state index in [0.29, 0.717) is 5.92 Å². The van der Waals surface area contributed by atoms with E-state index in [9.17, 15) is 4.79 Å². The average Bonchev–Trinajstić information content (AvgIpc) is 2.58. The smallest absolute Gasteiger partial charge is 0.308 e. The summed E-state index contributed by atoms with van der Waals surface area (Å²) in [6.07, 6.45) is 5.20. The number of hydrogen-bond acceptors (Lipinski definition) is 1. The Morgan fingerprint density at radius 3 is 2.25 bits per heavy atom. The first kappa shape index (κ1) is 16.6. The van der Waals surface area contributed by atoms with Crippen molar-refractivity contribution in [2.24, 2.45) is 5.92 Å². The Morgan fingerprint density at radius 1 is 0.917 bits per heavy atom. The SMILES string of the molecule is Cc1ccccc1NC(=O)Nc1ccc(C2CCC(C)CC2)cc1. The van der Waals surface area contributed by atoms with Crippen LogP contribution in [0.25, 0.3) is 0 Å². The molecule has 3 rings (SSSR count). The van der Waals surface area contributed by atoms with E-state index in [4.69, 9.17) is 0 Å². The lowest BCUT2D eigenvalue weighted by atomic mass is 9.79. The molecule has 0 saturated heterocycles. The molecule has 1 fully saturated rings. The average molecular weight is 322 g/mol. The molecule has 0 spiro atoms. The Morgan fingerprint density at radius 2 is 1.58 bits per heavy atom. The number of rotatable bonds is 3. The number of amides is 2. The van der Waals surface area contributed by atoms with Crippen LogP contribution in [-0.4, -0.2) is 6.03 Å².